The van der Waals surface area contributed by atoms with E-state index in [1.165, 1.54) is 6.07 Å². The molecular formula is C15H20ClNO3S. The van der Waals surface area contributed by atoms with Crippen molar-refractivity contribution in [3.8, 4) is 0 Å². The SMILES string of the molecule is Cc1cc(C)c(S(=O)(=O)Cl)cc1C(=O)N1CC(C)C(C)C1. The van der Waals surface area contributed by atoms with Gasteiger partial charge in [-0.1, -0.05) is 19.9 Å². The van der Waals surface area contributed by atoms with Gasteiger partial charge in [-0.05, 0) is 42.9 Å². The first-order valence-electron chi connectivity index (χ1n) is 6.96. The Balaban J connectivity index is 2.43. The molecule has 0 aliphatic carbocycles. The average molecular weight is 330 g/mol. The van der Waals surface area contributed by atoms with Crippen LogP contribution in [0.5, 0.6) is 0 Å². The van der Waals surface area contributed by atoms with Gasteiger partial charge in [0.15, 0.2) is 0 Å². The summed E-state index contributed by atoms with van der Waals surface area (Å²) in [6, 6.07) is 3.11. The maximum Gasteiger partial charge on any atom is 0.261 e. The fraction of sp³-hybridized carbons (Fsp3) is 0.533. The van der Waals surface area contributed by atoms with Crippen LogP contribution >= 0.6 is 10.7 Å². The van der Waals surface area contributed by atoms with E-state index in [0.717, 1.165) is 5.56 Å². The summed E-state index contributed by atoms with van der Waals surface area (Å²) < 4.78 is 23.2. The Morgan fingerprint density at radius 3 is 2.14 bits per heavy atom. The molecular weight excluding hydrogens is 310 g/mol. The summed E-state index contributed by atoms with van der Waals surface area (Å²) in [6.07, 6.45) is 0. The lowest BCUT2D eigenvalue weighted by Crippen LogP contribution is -2.29. The number of halogens is 1. The fourth-order valence-electron chi connectivity index (χ4n) is 2.79. The fourth-order valence-corrected chi connectivity index (χ4v) is 3.99. The van der Waals surface area contributed by atoms with Gasteiger partial charge in [-0.25, -0.2) is 8.42 Å². The third-order valence-electron chi connectivity index (χ3n) is 4.29. The number of benzene rings is 1. The third kappa shape index (κ3) is 3.24. The van der Waals surface area contributed by atoms with Gasteiger partial charge in [-0.3, -0.25) is 4.79 Å². The van der Waals surface area contributed by atoms with E-state index in [2.05, 4.69) is 13.8 Å². The molecule has 2 unspecified atom stereocenters. The van der Waals surface area contributed by atoms with E-state index < -0.39 is 9.05 Å². The molecule has 1 aromatic rings. The van der Waals surface area contributed by atoms with Gasteiger partial charge in [0, 0.05) is 29.3 Å². The molecule has 1 fully saturated rings. The van der Waals surface area contributed by atoms with Gasteiger partial charge in [-0.15, -0.1) is 0 Å². The van der Waals surface area contributed by atoms with E-state index in [9.17, 15) is 13.2 Å². The lowest BCUT2D eigenvalue weighted by atomic mass is 10.0. The molecule has 4 nitrogen and oxygen atoms in total. The molecule has 0 saturated carbocycles. The maximum atomic E-state index is 12.6. The van der Waals surface area contributed by atoms with Crippen molar-refractivity contribution in [2.75, 3.05) is 13.1 Å². The van der Waals surface area contributed by atoms with Crippen LogP contribution in [0.4, 0.5) is 0 Å². The van der Waals surface area contributed by atoms with Gasteiger partial charge < -0.3 is 4.90 Å². The van der Waals surface area contributed by atoms with E-state index in [4.69, 9.17) is 10.7 Å². The summed E-state index contributed by atoms with van der Waals surface area (Å²) in [5.41, 5.74) is 1.75. The van der Waals surface area contributed by atoms with Gasteiger partial charge in [0.05, 0.1) is 4.90 Å². The number of rotatable bonds is 2. The van der Waals surface area contributed by atoms with Crippen LogP contribution < -0.4 is 0 Å². The smallest absolute Gasteiger partial charge is 0.261 e. The zero-order valence-corrected chi connectivity index (χ0v) is 14.3. The molecule has 0 N–H and O–H groups in total. The van der Waals surface area contributed by atoms with Crippen molar-refractivity contribution in [1.29, 1.82) is 0 Å². The minimum absolute atomic E-state index is 0.0124. The summed E-state index contributed by atoms with van der Waals surface area (Å²) in [7, 11) is 1.60. The van der Waals surface area contributed by atoms with Crippen molar-refractivity contribution in [3.63, 3.8) is 0 Å². The zero-order chi connectivity index (χ0) is 15.9. The van der Waals surface area contributed by atoms with Crippen LogP contribution in [0.1, 0.15) is 35.3 Å². The second kappa shape index (κ2) is 5.61. The van der Waals surface area contributed by atoms with E-state index in [0.29, 0.717) is 36.1 Å². The number of amides is 1. The molecule has 21 heavy (non-hydrogen) atoms. The van der Waals surface area contributed by atoms with Crippen molar-refractivity contribution in [1.82, 2.24) is 4.90 Å². The predicted molar refractivity (Wildman–Crippen MR) is 83.2 cm³/mol. The van der Waals surface area contributed by atoms with Crippen LogP contribution in [0, 0.1) is 25.7 Å². The van der Waals surface area contributed by atoms with Crippen LogP contribution in [0.2, 0.25) is 0 Å². The molecule has 1 heterocycles. The molecule has 0 aromatic heterocycles. The number of carbonyl (C=O) groups is 1. The van der Waals surface area contributed by atoms with Crippen LogP contribution in [0.15, 0.2) is 17.0 Å². The number of hydrogen-bond donors (Lipinski definition) is 0. The summed E-state index contributed by atoms with van der Waals surface area (Å²) in [6.45, 7) is 9.14. The second-order valence-electron chi connectivity index (χ2n) is 6.04. The molecule has 1 aliphatic heterocycles. The first kappa shape index (κ1) is 16.3. The van der Waals surface area contributed by atoms with E-state index >= 15 is 0 Å². The van der Waals surface area contributed by atoms with E-state index in [1.54, 1.807) is 17.9 Å². The summed E-state index contributed by atoms with van der Waals surface area (Å²) in [5.74, 6) is 0.789. The van der Waals surface area contributed by atoms with Crippen molar-refractivity contribution in [3.05, 3.63) is 28.8 Å². The van der Waals surface area contributed by atoms with Gasteiger partial charge in [0.2, 0.25) is 0 Å². The molecule has 1 amide bonds. The molecule has 2 rings (SSSR count). The largest absolute Gasteiger partial charge is 0.338 e. The van der Waals surface area contributed by atoms with Gasteiger partial charge in [-0.2, -0.15) is 0 Å². The highest BCUT2D eigenvalue weighted by Gasteiger charge is 2.31. The Hall–Kier alpha value is -1.07. The Labute approximate surface area is 130 Å². The maximum absolute atomic E-state index is 12.6. The molecule has 6 heteroatoms. The third-order valence-corrected chi connectivity index (χ3v) is 5.75. The molecule has 2 atom stereocenters. The van der Waals surface area contributed by atoms with Crippen molar-refractivity contribution in [2.24, 2.45) is 11.8 Å². The number of hydrogen-bond acceptors (Lipinski definition) is 3. The Bertz CT molecular complexity index is 674. The second-order valence-corrected chi connectivity index (χ2v) is 8.57. The number of aryl methyl sites for hydroxylation is 2. The van der Waals surface area contributed by atoms with Gasteiger partial charge in [0.1, 0.15) is 0 Å². The minimum Gasteiger partial charge on any atom is -0.338 e. The molecule has 0 radical (unpaired) electrons. The highest BCUT2D eigenvalue weighted by molar-refractivity contribution is 8.13. The topological polar surface area (TPSA) is 54.5 Å². The quantitative estimate of drug-likeness (QED) is 0.784. The Morgan fingerprint density at radius 2 is 1.67 bits per heavy atom. The molecule has 1 saturated heterocycles. The molecule has 1 aromatic carbocycles. The summed E-state index contributed by atoms with van der Waals surface area (Å²) >= 11 is 0. The van der Waals surface area contributed by atoms with Crippen LogP contribution in [0.25, 0.3) is 0 Å². The first-order chi connectivity index (χ1) is 9.61. The van der Waals surface area contributed by atoms with Crippen LogP contribution in [-0.4, -0.2) is 32.3 Å². The minimum atomic E-state index is -3.85. The number of likely N-dealkylation sites (tertiary alicyclic amines) is 1. The monoisotopic (exact) mass is 329 g/mol. The Kier molecular flexibility index (Phi) is 4.36. The van der Waals surface area contributed by atoms with Crippen molar-refractivity contribution >= 4 is 25.6 Å². The average Bonchev–Trinajstić information content (AvgIpc) is 2.67. The van der Waals surface area contributed by atoms with Crippen molar-refractivity contribution < 1.29 is 13.2 Å². The molecule has 116 valence electrons. The lowest BCUT2D eigenvalue weighted by Gasteiger charge is -2.18. The molecule has 0 spiro atoms. The Morgan fingerprint density at radius 1 is 1.14 bits per heavy atom. The van der Waals surface area contributed by atoms with Gasteiger partial charge in [0.25, 0.3) is 15.0 Å². The number of nitrogens with zero attached hydrogens (tertiary/aromatic N) is 1. The van der Waals surface area contributed by atoms with E-state index in [1.807, 2.05) is 6.92 Å². The highest BCUT2D eigenvalue weighted by atomic mass is 35.7. The summed E-state index contributed by atoms with van der Waals surface area (Å²) in [5, 5.41) is 0. The highest BCUT2D eigenvalue weighted by Crippen LogP contribution is 2.28. The van der Waals surface area contributed by atoms with Gasteiger partial charge >= 0.3 is 0 Å². The van der Waals surface area contributed by atoms with E-state index in [-0.39, 0.29) is 10.8 Å². The van der Waals surface area contributed by atoms with Crippen LogP contribution in [-0.2, 0) is 9.05 Å². The standard InChI is InChI=1S/C15H20ClNO3S/c1-9-5-10(2)14(21(16,19)20)6-13(9)15(18)17-7-11(3)12(4)8-17/h5-6,11-12H,7-8H2,1-4H3. The first-order valence-corrected chi connectivity index (χ1v) is 9.27. The number of carbonyl (C=O) groups excluding carboxylic acids is 1. The van der Waals surface area contributed by atoms with Crippen molar-refractivity contribution in [2.45, 2.75) is 32.6 Å². The lowest BCUT2D eigenvalue weighted by molar-refractivity contribution is 0.0784. The molecule has 1 aliphatic rings. The molecule has 0 bridgehead atoms. The zero-order valence-electron chi connectivity index (χ0n) is 12.7. The van der Waals surface area contributed by atoms with Crippen LogP contribution in [0.3, 0.4) is 0 Å². The predicted octanol–water partition coefficient (Wildman–Crippen LogP) is 2.96. The summed E-state index contributed by atoms with van der Waals surface area (Å²) in [4.78, 5) is 14.4. The normalized spacial score (nSPS) is 22.6.